The van der Waals surface area contributed by atoms with E-state index in [1.165, 1.54) is 0 Å². The molecule has 1 nitrogen and oxygen atoms in total. The molecule has 0 N–H and O–H groups in total. The molecule has 1 aromatic carbocycles. The maximum absolute atomic E-state index is 5.72. The molecule has 0 heterocycles. The van der Waals surface area contributed by atoms with E-state index in [9.17, 15) is 0 Å². The Kier molecular flexibility index (Phi) is 4.68. The molecule has 0 saturated heterocycles. The lowest BCUT2D eigenvalue weighted by atomic mass is 10.2. The van der Waals surface area contributed by atoms with Gasteiger partial charge in [-0.25, -0.2) is 0 Å². The van der Waals surface area contributed by atoms with Gasteiger partial charge in [0.2, 0.25) is 0 Å². The Balaban J connectivity index is 2.85. The first-order valence-electron chi connectivity index (χ1n) is 3.58. The van der Waals surface area contributed by atoms with Crippen LogP contribution in [0.3, 0.4) is 0 Å². The molecule has 0 aromatic heterocycles. The molecule has 0 amide bonds. The van der Waals surface area contributed by atoms with E-state index in [-0.39, 0.29) is 0 Å². The van der Waals surface area contributed by atoms with Gasteiger partial charge in [0.25, 0.3) is 0 Å². The maximum atomic E-state index is 5.72. The second kappa shape index (κ2) is 5.31. The number of ether oxygens (including phenoxy) is 1. The minimum atomic E-state index is -0.952. The molecule has 1 rings (SSSR count). The van der Waals surface area contributed by atoms with Crippen LogP contribution < -0.4 is 4.74 Å². The van der Waals surface area contributed by atoms with Crippen LogP contribution in [0.5, 0.6) is 5.75 Å². The molecular weight excluding hydrogens is 246 g/mol. The van der Waals surface area contributed by atoms with E-state index in [1.54, 1.807) is 7.11 Å². The van der Waals surface area contributed by atoms with Gasteiger partial charge in [0.05, 0.1) is 13.7 Å². The molecule has 0 bridgehead atoms. The highest BCUT2D eigenvalue weighted by Crippen LogP contribution is 2.50. The van der Waals surface area contributed by atoms with Crippen molar-refractivity contribution in [2.75, 3.05) is 7.11 Å². The molecule has 5 heteroatoms. The van der Waals surface area contributed by atoms with Gasteiger partial charge >= 0.3 is 0 Å². The number of thiol groups is 1. The van der Waals surface area contributed by atoms with Gasteiger partial charge in [0, 0.05) is 11.1 Å². The third-order valence-corrected chi connectivity index (χ3v) is 3.30. The first kappa shape index (κ1) is 11.5. The number of benzene rings is 1. The summed E-state index contributed by atoms with van der Waals surface area (Å²) in [5.74, 6) is 0.794. The van der Waals surface area contributed by atoms with E-state index in [1.807, 2.05) is 18.2 Å². The van der Waals surface area contributed by atoms with Crippen LogP contribution in [0.15, 0.2) is 23.1 Å². The lowest BCUT2D eigenvalue weighted by Gasteiger charge is -2.07. The smallest absolute Gasteiger partial charge is 0.119 e. The van der Waals surface area contributed by atoms with Crippen molar-refractivity contribution in [3.63, 3.8) is 0 Å². The Morgan fingerprint density at radius 1 is 1.46 bits per heavy atom. The van der Waals surface area contributed by atoms with Crippen molar-refractivity contribution in [3.05, 3.63) is 23.8 Å². The summed E-state index contributed by atoms with van der Waals surface area (Å²) in [5.41, 5.74) is 1.06. The molecule has 0 fully saturated rings. The fraction of sp³-hybridized carbons (Fsp3) is 0.250. The van der Waals surface area contributed by atoms with E-state index >= 15 is 0 Å². The van der Waals surface area contributed by atoms with E-state index in [0.29, 0.717) is 6.16 Å². The summed E-state index contributed by atoms with van der Waals surface area (Å²) in [6.07, 6.45) is 0.668. The van der Waals surface area contributed by atoms with Crippen molar-refractivity contribution in [1.82, 2.24) is 0 Å². The van der Waals surface area contributed by atoms with Gasteiger partial charge in [-0.1, -0.05) is 28.5 Å². The van der Waals surface area contributed by atoms with Gasteiger partial charge < -0.3 is 4.74 Å². The largest absolute Gasteiger partial charge is 0.497 e. The molecule has 13 heavy (non-hydrogen) atoms. The van der Waals surface area contributed by atoms with E-state index in [0.717, 1.165) is 16.2 Å². The zero-order valence-corrected chi connectivity index (χ0v) is 10.3. The Morgan fingerprint density at radius 3 is 2.62 bits per heavy atom. The van der Waals surface area contributed by atoms with E-state index < -0.39 is 6.63 Å². The number of hydrogen-bond donors (Lipinski definition) is 1. The fourth-order valence-electron chi connectivity index (χ4n) is 0.933. The molecule has 0 spiro atoms. The summed E-state index contributed by atoms with van der Waals surface area (Å²) in [4.78, 5) is 0.869. The molecule has 0 aliphatic rings. The second-order valence-corrected chi connectivity index (χ2v) is 6.83. The van der Waals surface area contributed by atoms with E-state index in [2.05, 4.69) is 12.6 Å². The van der Waals surface area contributed by atoms with Crippen LogP contribution in [0.4, 0.5) is 0 Å². The number of halogens is 2. The van der Waals surface area contributed by atoms with Gasteiger partial charge in [0.1, 0.15) is 5.75 Å². The highest BCUT2D eigenvalue weighted by molar-refractivity contribution is 8.03. The molecule has 0 radical (unpaired) electrons. The SMILES string of the molecule is COc1ccc(CP(Cl)Cl)c(S)c1. The van der Waals surface area contributed by atoms with Crippen LogP contribution in [0.2, 0.25) is 0 Å². The number of methoxy groups -OCH3 is 1. The van der Waals surface area contributed by atoms with Crippen molar-refractivity contribution in [1.29, 1.82) is 0 Å². The Bertz CT molecular complexity index is 293. The zero-order chi connectivity index (χ0) is 9.84. The standard InChI is InChI=1S/C8H9Cl2OPS/c1-11-7-3-2-6(5-12(9)10)8(13)4-7/h2-4,13H,5H2,1H3. The summed E-state index contributed by atoms with van der Waals surface area (Å²) < 4.78 is 5.05. The highest BCUT2D eigenvalue weighted by Gasteiger charge is 2.05. The van der Waals surface area contributed by atoms with Crippen LogP contribution in [0.1, 0.15) is 5.56 Å². The second-order valence-electron chi connectivity index (χ2n) is 2.46. The van der Waals surface area contributed by atoms with Crippen LogP contribution in [0.25, 0.3) is 0 Å². The lowest BCUT2D eigenvalue weighted by molar-refractivity contribution is 0.413. The monoisotopic (exact) mass is 254 g/mol. The Labute approximate surface area is 94.1 Å². The van der Waals surface area contributed by atoms with Crippen LogP contribution in [-0.4, -0.2) is 7.11 Å². The normalized spacial score (nSPS) is 10.5. The predicted octanol–water partition coefficient (Wildman–Crippen LogP) is 4.27. The van der Waals surface area contributed by atoms with Gasteiger partial charge in [-0.05, 0) is 17.7 Å². The summed E-state index contributed by atoms with van der Waals surface area (Å²) in [5, 5.41) is 0. The van der Waals surface area contributed by atoms with Crippen molar-refractivity contribution < 1.29 is 4.74 Å². The van der Waals surface area contributed by atoms with Crippen molar-refractivity contribution in [2.45, 2.75) is 11.1 Å². The Hall–Kier alpha value is 0.380. The van der Waals surface area contributed by atoms with Gasteiger partial charge in [0.15, 0.2) is 0 Å². The highest BCUT2D eigenvalue weighted by atomic mass is 35.9. The van der Waals surface area contributed by atoms with Crippen molar-refractivity contribution in [3.8, 4) is 5.75 Å². The average molecular weight is 255 g/mol. The molecule has 0 aliphatic carbocycles. The summed E-state index contributed by atoms with van der Waals surface area (Å²) in [6.45, 7) is -0.952. The molecule has 0 atom stereocenters. The fourth-order valence-corrected chi connectivity index (χ4v) is 2.64. The first-order chi connectivity index (χ1) is 6.13. The molecule has 0 unspecified atom stereocenters. The van der Waals surface area contributed by atoms with Crippen LogP contribution >= 0.6 is 41.7 Å². The lowest BCUT2D eigenvalue weighted by Crippen LogP contribution is -1.86. The molecule has 0 aliphatic heterocycles. The number of rotatable bonds is 3. The first-order valence-corrected chi connectivity index (χ1v) is 7.37. The number of hydrogen-bond acceptors (Lipinski definition) is 2. The molecule has 1 aromatic rings. The maximum Gasteiger partial charge on any atom is 0.119 e. The van der Waals surface area contributed by atoms with Crippen molar-refractivity contribution >= 4 is 41.7 Å². The zero-order valence-electron chi connectivity index (χ0n) is 7.00. The summed E-state index contributed by atoms with van der Waals surface area (Å²) in [7, 11) is 1.62. The minimum Gasteiger partial charge on any atom is -0.497 e. The topological polar surface area (TPSA) is 9.23 Å². The average Bonchev–Trinajstić information content (AvgIpc) is 2.08. The van der Waals surface area contributed by atoms with Gasteiger partial charge in [-0.15, -0.1) is 12.6 Å². The van der Waals surface area contributed by atoms with E-state index in [4.69, 9.17) is 27.2 Å². The van der Waals surface area contributed by atoms with Gasteiger partial charge in [-0.3, -0.25) is 0 Å². The van der Waals surface area contributed by atoms with Crippen molar-refractivity contribution in [2.24, 2.45) is 0 Å². The third-order valence-electron chi connectivity index (χ3n) is 1.58. The predicted molar refractivity (Wildman–Crippen MR) is 62.6 cm³/mol. The molecular formula is C8H9Cl2OPS. The van der Waals surface area contributed by atoms with Crippen LogP contribution in [-0.2, 0) is 6.16 Å². The summed E-state index contributed by atoms with van der Waals surface area (Å²) in [6, 6.07) is 5.66. The third kappa shape index (κ3) is 3.55. The van der Waals surface area contributed by atoms with Crippen LogP contribution in [0, 0.1) is 0 Å². The molecule has 0 saturated carbocycles. The quantitative estimate of drug-likeness (QED) is 0.626. The van der Waals surface area contributed by atoms with Gasteiger partial charge in [-0.2, -0.15) is 0 Å². The summed E-state index contributed by atoms with van der Waals surface area (Å²) >= 11 is 15.8. The molecule has 72 valence electrons. The minimum absolute atomic E-state index is 0.668. The Morgan fingerprint density at radius 2 is 2.15 bits per heavy atom.